The smallest absolute Gasteiger partial charge is 0.0950 e. The maximum Gasteiger partial charge on any atom is 0.0950 e. The number of nitrogens with zero attached hydrogens (tertiary/aromatic N) is 1. The molecule has 0 radical (unpaired) electrons. The Bertz CT molecular complexity index is 414. The molecule has 16 heavy (non-hydrogen) atoms. The molecule has 86 valence electrons. The number of aryl methyl sites for hydroxylation is 1. The van der Waals surface area contributed by atoms with Crippen LogP contribution < -0.4 is 4.90 Å². The first kappa shape index (κ1) is 11.3. The van der Waals surface area contributed by atoms with E-state index in [4.69, 9.17) is 16.3 Å². The van der Waals surface area contributed by atoms with Crippen molar-refractivity contribution in [2.75, 3.05) is 25.1 Å². The molecule has 1 heterocycles. The van der Waals surface area contributed by atoms with Gasteiger partial charge in [0.2, 0.25) is 0 Å². The quantitative estimate of drug-likeness (QED) is 0.782. The van der Waals surface area contributed by atoms with E-state index < -0.39 is 0 Å². The molecule has 1 aliphatic rings. The van der Waals surface area contributed by atoms with E-state index in [1.165, 1.54) is 5.56 Å². The van der Waals surface area contributed by atoms with E-state index in [2.05, 4.69) is 30.0 Å². The molecule has 0 unspecified atom stereocenters. The van der Waals surface area contributed by atoms with Gasteiger partial charge in [-0.3, -0.25) is 0 Å². The number of halogens is 1. The highest BCUT2D eigenvalue weighted by Gasteiger charge is 2.14. The predicted molar refractivity (Wildman–Crippen MR) is 68.1 cm³/mol. The van der Waals surface area contributed by atoms with Gasteiger partial charge >= 0.3 is 0 Å². The number of hydrogen-bond acceptors (Lipinski definition) is 2. The van der Waals surface area contributed by atoms with Crippen molar-refractivity contribution in [3.8, 4) is 0 Å². The Kier molecular flexibility index (Phi) is 3.39. The monoisotopic (exact) mass is 237 g/mol. The summed E-state index contributed by atoms with van der Waals surface area (Å²) in [6.45, 7) is 3.88. The Morgan fingerprint density at radius 1 is 1.38 bits per heavy atom. The second kappa shape index (κ2) is 4.79. The third-order valence-corrected chi connectivity index (χ3v) is 3.18. The van der Waals surface area contributed by atoms with Gasteiger partial charge in [0.1, 0.15) is 0 Å². The molecule has 0 aliphatic carbocycles. The van der Waals surface area contributed by atoms with Crippen LogP contribution in [0.5, 0.6) is 0 Å². The van der Waals surface area contributed by atoms with E-state index in [0.29, 0.717) is 0 Å². The minimum atomic E-state index is 0.828. The van der Waals surface area contributed by atoms with E-state index in [1.807, 2.05) is 6.07 Å². The van der Waals surface area contributed by atoms with Gasteiger partial charge in [-0.1, -0.05) is 17.7 Å². The van der Waals surface area contributed by atoms with Crippen LogP contribution in [0.15, 0.2) is 30.0 Å². The Hall–Kier alpha value is -1.15. The maximum absolute atomic E-state index is 6.24. The predicted octanol–water partition coefficient (Wildman–Crippen LogP) is 3.39. The number of ether oxygens (including phenoxy) is 1. The van der Waals surface area contributed by atoms with Gasteiger partial charge in [-0.05, 0) is 30.7 Å². The van der Waals surface area contributed by atoms with Gasteiger partial charge in [-0.2, -0.15) is 0 Å². The number of hydrogen-bond donors (Lipinski definition) is 0. The molecule has 0 atom stereocenters. The van der Waals surface area contributed by atoms with Crippen LogP contribution >= 0.6 is 11.6 Å². The first-order chi connectivity index (χ1) is 7.70. The summed E-state index contributed by atoms with van der Waals surface area (Å²) < 4.78 is 5.23. The second-order valence-electron chi connectivity index (χ2n) is 4.03. The second-order valence-corrected chi connectivity index (χ2v) is 4.43. The number of rotatable bonds is 2. The molecular weight excluding hydrogens is 222 g/mol. The molecule has 1 aromatic carbocycles. The lowest BCUT2D eigenvalue weighted by atomic mass is 10.1. The molecule has 0 bridgehead atoms. The van der Waals surface area contributed by atoms with Crippen molar-refractivity contribution >= 4 is 17.3 Å². The minimum Gasteiger partial charge on any atom is -0.501 e. The number of benzene rings is 1. The van der Waals surface area contributed by atoms with Crippen molar-refractivity contribution < 1.29 is 4.74 Å². The van der Waals surface area contributed by atoms with Crippen LogP contribution in [-0.2, 0) is 4.74 Å². The van der Waals surface area contributed by atoms with E-state index in [-0.39, 0.29) is 0 Å². The lowest BCUT2D eigenvalue weighted by molar-refractivity contribution is 0.272. The molecule has 0 aromatic heterocycles. The molecule has 0 saturated carbocycles. The average Bonchev–Trinajstić information content (AvgIpc) is 2.29. The summed E-state index contributed by atoms with van der Waals surface area (Å²) in [6.07, 6.45) is 3.06. The van der Waals surface area contributed by atoms with Crippen LogP contribution in [0.2, 0.25) is 5.02 Å². The van der Waals surface area contributed by atoms with Crippen molar-refractivity contribution in [2.24, 2.45) is 0 Å². The molecule has 0 saturated heterocycles. The molecule has 2 rings (SSSR count). The first-order valence-corrected chi connectivity index (χ1v) is 5.82. The van der Waals surface area contributed by atoms with E-state index in [1.54, 1.807) is 7.11 Å². The van der Waals surface area contributed by atoms with Crippen molar-refractivity contribution in [2.45, 2.75) is 13.3 Å². The fraction of sp³-hybridized carbons (Fsp3) is 0.385. The Labute approximate surface area is 101 Å². The molecular formula is C13H16ClNO. The number of methoxy groups -OCH3 is 1. The van der Waals surface area contributed by atoms with Crippen LogP contribution in [-0.4, -0.2) is 20.2 Å². The van der Waals surface area contributed by atoms with Crippen LogP contribution in [0.4, 0.5) is 5.69 Å². The molecule has 0 fully saturated rings. The summed E-state index contributed by atoms with van der Waals surface area (Å²) in [5.74, 6) is 1.07. The van der Waals surface area contributed by atoms with E-state index >= 15 is 0 Å². The van der Waals surface area contributed by atoms with Crippen LogP contribution in [0, 0.1) is 6.92 Å². The topological polar surface area (TPSA) is 12.5 Å². The fourth-order valence-corrected chi connectivity index (χ4v) is 2.28. The molecule has 0 N–H and O–H groups in total. The summed E-state index contributed by atoms with van der Waals surface area (Å²) in [6, 6.07) is 6.19. The summed E-state index contributed by atoms with van der Waals surface area (Å²) in [7, 11) is 1.72. The van der Waals surface area contributed by atoms with Crippen molar-refractivity contribution in [3.05, 3.63) is 40.6 Å². The first-order valence-electron chi connectivity index (χ1n) is 5.45. The minimum absolute atomic E-state index is 0.828. The van der Waals surface area contributed by atoms with Gasteiger partial charge in [0.15, 0.2) is 0 Å². The van der Waals surface area contributed by atoms with Crippen molar-refractivity contribution in [3.63, 3.8) is 0 Å². The largest absolute Gasteiger partial charge is 0.501 e. The highest BCUT2D eigenvalue weighted by molar-refractivity contribution is 6.33. The maximum atomic E-state index is 6.24. The normalized spacial score (nSPS) is 15.9. The fourth-order valence-electron chi connectivity index (χ4n) is 1.92. The Morgan fingerprint density at radius 3 is 2.75 bits per heavy atom. The molecule has 1 aromatic rings. The van der Waals surface area contributed by atoms with Crippen molar-refractivity contribution in [1.29, 1.82) is 0 Å². The SMILES string of the molecule is COC1=CCN(c2ccc(C)cc2Cl)CC1. The lowest BCUT2D eigenvalue weighted by Crippen LogP contribution is -2.29. The van der Waals surface area contributed by atoms with E-state index in [0.717, 1.165) is 36.0 Å². The zero-order chi connectivity index (χ0) is 11.5. The summed E-state index contributed by atoms with van der Waals surface area (Å²) >= 11 is 6.24. The highest BCUT2D eigenvalue weighted by Crippen LogP contribution is 2.28. The lowest BCUT2D eigenvalue weighted by Gasteiger charge is -2.28. The Balaban J connectivity index is 2.17. The van der Waals surface area contributed by atoms with Gasteiger partial charge in [-0.25, -0.2) is 0 Å². The van der Waals surface area contributed by atoms with E-state index in [9.17, 15) is 0 Å². The van der Waals surface area contributed by atoms with Crippen molar-refractivity contribution in [1.82, 2.24) is 0 Å². The van der Waals surface area contributed by atoms with Gasteiger partial charge in [-0.15, -0.1) is 0 Å². The third-order valence-electron chi connectivity index (χ3n) is 2.87. The number of anilines is 1. The molecule has 0 amide bonds. The molecule has 3 heteroatoms. The van der Waals surface area contributed by atoms with Gasteiger partial charge in [0.25, 0.3) is 0 Å². The summed E-state index contributed by atoms with van der Waals surface area (Å²) in [4.78, 5) is 2.27. The van der Waals surface area contributed by atoms with Gasteiger partial charge in [0.05, 0.1) is 23.6 Å². The van der Waals surface area contributed by atoms with Crippen LogP contribution in [0.25, 0.3) is 0 Å². The average molecular weight is 238 g/mol. The highest BCUT2D eigenvalue weighted by atomic mass is 35.5. The van der Waals surface area contributed by atoms with Gasteiger partial charge < -0.3 is 9.64 Å². The van der Waals surface area contributed by atoms with Crippen LogP contribution in [0.3, 0.4) is 0 Å². The summed E-state index contributed by atoms with van der Waals surface area (Å²) in [5.41, 5.74) is 2.30. The van der Waals surface area contributed by atoms with Crippen LogP contribution in [0.1, 0.15) is 12.0 Å². The van der Waals surface area contributed by atoms with Gasteiger partial charge in [0, 0.05) is 19.5 Å². The molecule has 0 spiro atoms. The molecule has 2 nitrogen and oxygen atoms in total. The molecule has 1 aliphatic heterocycles. The summed E-state index contributed by atoms with van der Waals surface area (Å²) in [5, 5.41) is 0.828. The third kappa shape index (κ3) is 2.33. The zero-order valence-electron chi connectivity index (χ0n) is 9.66. The standard InChI is InChI=1S/C13H16ClNO/c1-10-3-4-13(12(14)9-10)15-7-5-11(16-2)6-8-15/h3-5,9H,6-8H2,1-2H3. The Morgan fingerprint density at radius 2 is 2.19 bits per heavy atom. The zero-order valence-corrected chi connectivity index (χ0v) is 10.4.